The lowest BCUT2D eigenvalue weighted by atomic mass is 10.1. The van der Waals surface area contributed by atoms with Crippen LogP contribution in [0.4, 0.5) is 5.69 Å². The maximum Gasteiger partial charge on any atom is 0.263 e. The predicted octanol–water partition coefficient (Wildman–Crippen LogP) is 2.68. The Labute approximate surface area is 159 Å². The molecule has 0 fully saturated rings. The minimum Gasteiger partial charge on any atom is -0.365 e. The summed E-state index contributed by atoms with van der Waals surface area (Å²) in [6.07, 6.45) is 1.33. The van der Waals surface area contributed by atoms with Crippen molar-refractivity contribution in [2.75, 3.05) is 5.32 Å². The molecular formula is C19H20N4O3S. The van der Waals surface area contributed by atoms with Crippen LogP contribution >= 0.6 is 11.3 Å². The third-order valence-electron chi connectivity index (χ3n) is 4.76. The van der Waals surface area contributed by atoms with Gasteiger partial charge in [0, 0.05) is 5.69 Å². The van der Waals surface area contributed by atoms with Crippen LogP contribution < -0.4 is 16.6 Å². The predicted molar refractivity (Wildman–Crippen MR) is 106 cm³/mol. The van der Waals surface area contributed by atoms with E-state index in [9.17, 15) is 14.4 Å². The molecule has 0 saturated heterocycles. The second-order valence-electron chi connectivity index (χ2n) is 6.47. The average Bonchev–Trinajstić information content (AvgIpc) is 2.96. The molecule has 2 aromatic heterocycles. The number of hydrogen-bond donors (Lipinski definition) is 2. The van der Waals surface area contributed by atoms with Gasteiger partial charge >= 0.3 is 0 Å². The summed E-state index contributed by atoms with van der Waals surface area (Å²) in [5, 5.41) is 3.19. The molecule has 7 nitrogen and oxygen atoms in total. The molecule has 3 N–H and O–H groups in total. The number of primary amides is 1. The monoisotopic (exact) mass is 384 g/mol. The summed E-state index contributed by atoms with van der Waals surface area (Å²) in [4.78, 5) is 42.1. The fourth-order valence-corrected chi connectivity index (χ4v) is 3.89. The molecular weight excluding hydrogens is 364 g/mol. The minimum absolute atomic E-state index is 0.305. The van der Waals surface area contributed by atoms with Crippen LogP contribution in [0.15, 0.2) is 29.3 Å². The van der Waals surface area contributed by atoms with E-state index in [2.05, 4.69) is 10.3 Å². The highest BCUT2D eigenvalue weighted by atomic mass is 32.1. The van der Waals surface area contributed by atoms with Crippen molar-refractivity contribution in [1.82, 2.24) is 9.55 Å². The van der Waals surface area contributed by atoms with Gasteiger partial charge in [-0.25, -0.2) is 4.98 Å². The number of fused-ring (bicyclic) bond motifs is 1. The lowest BCUT2D eigenvalue weighted by Crippen LogP contribution is -2.32. The van der Waals surface area contributed by atoms with Crippen LogP contribution in [0.5, 0.6) is 0 Å². The highest BCUT2D eigenvalue weighted by molar-refractivity contribution is 7.20. The van der Waals surface area contributed by atoms with Crippen molar-refractivity contribution in [2.24, 2.45) is 5.73 Å². The number of thiophene rings is 1. The third-order valence-corrected chi connectivity index (χ3v) is 5.97. The first-order valence-electron chi connectivity index (χ1n) is 8.39. The number of nitrogens with zero attached hydrogens (tertiary/aromatic N) is 2. The Morgan fingerprint density at radius 2 is 1.93 bits per heavy atom. The third kappa shape index (κ3) is 3.23. The summed E-state index contributed by atoms with van der Waals surface area (Å²) in [5.41, 5.74) is 8.22. The molecule has 1 aromatic carbocycles. The molecule has 27 heavy (non-hydrogen) atoms. The Morgan fingerprint density at radius 3 is 2.59 bits per heavy atom. The summed E-state index contributed by atoms with van der Waals surface area (Å²) in [6.45, 7) is 7.18. The van der Waals surface area contributed by atoms with Gasteiger partial charge in [-0.1, -0.05) is 12.1 Å². The quantitative estimate of drug-likeness (QED) is 0.721. The molecule has 1 atom stereocenters. The van der Waals surface area contributed by atoms with Crippen molar-refractivity contribution >= 4 is 39.1 Å². The summed E-state index contributed by atoms with van der Waals surface area (Å²) in [6, 6.07) is 4.87. The smallest absolute Gasteiger partial charge is 0.263 e. The van der Waals surface area contributed by atoms with Crippen molar-refractivity contribution < 1.29 is 9.59 Å². The number of benzene rings is 1. The number of hydrogen-bond acceptors (Lipinski definition) is 5. The van der Waals surface area contributed by atoms with Gasteiger partial charge in [0.1, 0.15) is 10.9 Å². The van der Waals surface area contributed by atoms with E-state index in [1.807, 2.05) is 32.0 Å². The molecule has 2 amide bonds. The van der Waals surface area contributed by atoms with Gasteiger partial charge in [-0.15, -0.1) is 11.3 Å². The highest BCUT2D eigenvalue weighted by Crippen LogP contribution is 2.27. The van der Waals surface area contributed by atoms with Crippen molar-refractivity contribution in [2.45, 2.75) is 33.7 Å². The zero-order chi connectivity index (χ0) is 19.9. The molecule has 1 unspecified atom stereocenters. The van der Waals surface area contributed by atoms with Crippen LogP contribution in [0.1, 0.15) is 39.3 Å². The van der Waals surface area contributed by atoms with E-state index in [0.29, 0.717) is 26.3 Å². The van der Waals surface area contributed by atoms with Crippen molar-refractivity contribution in [3.63, 3.8) is 0 Å². The number of anilines is 1. The standard InChI is InChI=1S/C19H20N4O3S/c1-9-6-5-7-13(10(9)2)22-17(25)12(4)23-8-21-18-14(19(23)26)11(3)15(27-18)16(20)24/h5-8,12H,1-4H3,(H2,20,24)(H,22,25). The Hall–Kier alpha value is -3.00. The zero-order valence-electron chi connectivity index (χ0n) is 15.5. The van der Waals surface area contributed by atoms with Crippen molar-refractivity contribution in [3.8, 4) is 0 Å². The molecule has 8 heteroatoms. The van der Waals surface area contributed by atoms with Gasteiger partial charge in [0.2, 0.25) is 5.91 Å². The first-order chi connectivity index (χ1) is 12.7. The number of aryl methyl sites for hydroxylation is 2. The Morgan fingerprint density at radius 1 is 1.22 bits per heavy atom. The van der Waals surface area contributed by atoms with Crippen LogP contribution in [-0.2, 0) is 4.79 Å². The summed E-state index contributed by atoms with van der Waals surface area (Å²) < 4.78 is 1.27. The van der Waals surface area contributed by atoms with E-state index >= 15 is 0 Å². The first-order valence-corrected chi connectivity index (χ1v) is 9.21. The van der Waals surface area contributed by atoms with Gasteiger partial charge in [-0.05, 0) is 50.5 Å². The highest BCUT2D eigenvalue weighted by Gasteiger charge is 2.22. The fourth-order valence-electron chi connectivity index (χ4n) is 2.90. The van der Waals surface area contributed by atoms with Gasteiger partial charge < -0.3 is 11.1 Å². The Bertz CT molecular complexity index is 1130. The van der Waals surface area contributed by atoms with E-state index in [1.165, 1.54) is 10.9 Å². The van der Waals surface area contributed by atoms with E-state index < -0.39 is 11.9 Å². The molecule has 0 bridgehead atoms. The number of nitrogens with two attached hydrogens (primary N) is 1. The molecule has 0 aliphatic carbocycles. The number of aromatic nitrogens is 2. The van der Waals surface area contributed by atoms with Crippen LogP contribution in [-0.4, -0.2) is 21.4 Å². The molecule has 0 spiro atoms. The van der Waals surface area contributed by atoms with Gasteiger partial charge in [0.25, 0.3) is 11.5 Å². The first kappa shape index (κ1) is 18.8. The average molecular weight is 384 g/mol. The molecule has 3 rings (SSSR count). The fraction of sp³-hybridized carbons (Fsp3) is 0.263. The van der Waals surface area contributed by atoms with Crippen LogP contribution in [0.3, 0.4) is 0 Å². The summed E-state index contributed by atoms with van der Waals surface area (Å²) >= 11 is 1.08. The van der Waals surface area contributed by atoms with E-state index in [4.69, 9.17) is 5.73 Å². The molecule has 0 aliphatic rings. The van der Waals surface area contributed by atoms with Gasteiger partial charge in [-0.3, -0.25) is 19.0 Å². The molecule has 0 saturated carbocycles. The molecule has 140 valence electrons. The van der Waals surface area contributed by atoms with Crippen molar-refractivity contribution in [3.05, 3.63) is 56.4 Å². The summed E-state index contributed by atoms with van der Waals surface area (Å²) in [7, 11) is 0. The Balaban J connectivity index is 1.99. The normalized spacial score (nSPS) is 12.1. The van der Waals surface area contributed by atoms with Gasteiger partial charge in [0.05, 0.1) is 16.6 Å². The minimum atomic E-state index is -0.773. The van der Waals surface area contributed by atoms with Gasteiger partial charge in [-0.2, -0.15) is 0 Å². The SMILES string of the molecule is Cc1cccc(NC(=O)C(C)n2cnc3sc(C(N)=O)c(C)c3c2=O)c1C. The number of carbonyl (C=O) groups is 2. The van der Waals surface area contributed by atoms with Crippen LogP contribution in [0.2, 0.25) is 0 Å². The lowest BCUT2D eigenvalue weighted by Gasteiger charge is -2.16. The van der Waals surface area contributed by atoms with E-state index in [1.54, 1.807) is 13.8 Å². The van der Waals surface area contributed by atoms with Crippen LogP contribution in [0.25, 0.3) is 10.2 Å². The van der Waals surface area contributed by atoms with E-state index in [-0.39, 0.29) is 11.5 Å². The number of rotatable bonds is 4. The number of amides is 2. The van der Waals surface area contributed by atoms with Gasteiger partial charge in [0.15, 0.2) is 0 Å². The maximum absolute atomic E-state index is 12.9. The second kappa shape index (κ2) is 6.96. The molecule has 0 radical (unpaired) electrons. The second-order valence-corrected chi connectivity index (χ2v) is 7.47. The number of carbonyl (C=O) groups excluding carboxylic acids is 2. The molecule has 3 aromatic rings. The lowest BCUT2D eigenvalue weighted by molar-refractivity contribution is -0.118. The zero-order valence-corrected chi connectivity index (χ0v) is 16.3. The summed E-state index contributed by atoms with van der Waals surface area (Å²) in [5.74, 6) is -0.919. The topological polar surface area (TPSA) is 107 Å². The van der Waals surface area contributed by atoms with Crippen LogP contribution in [0, 0.1) is 20.8 Å². The van der Waals surface area contributed by atoms with E-state index in [0.717, 1.165) is 22.5 Å². The van der Waals surface area contributed by atoms with Crippen molar-refractivity contribution in [1.29, 1.82) is 0 Å². The molecule has 0 aliphatic heterocycles. The largest absolute Gasteiger partial charge is 0.365 e. The molecule has 2 heterocycles. The maximum atomic E-state index is 12.9. The number of nitrogens with one attached hydrogen (secondary N) is 1. The Kier molecular flexibility index (Phi) is 4.84.